The van der Waals surface area contributed by atoms with Crippen LogP contribution in [0.5, 0.6) is 0 Å². The summed E-state index contributed by atoms with van der Waals surface area (Å²) >= 11 is 0. The summed E-state index contributed by atoms with van der Waals surface area (Å²) < 4.78 is 0. The minimum absolute atomic E-state index is 0.326. The van der Waals surface area contributed by atoms with Crippen molar-refractivity contribution >= 4 is 12.4 Å². The molecule has 1 amide bonds. The molecule has 21 heavy (non-hydrogen) atoms. The molecule has 0 radical (unpaired) electrons. The summed E-state index contributed by atoms with van der Waals surface area (Å²) in [5.74, 6) is 0.654. The third-order valence-corrected chi connectivity index (χ3v) is 3.74. The van der Waals surface area contributed by atoms with Gasteiger partial charge < -0.3 is 10.2 Å². The van der Waals surface area contributed by atoms with Crippen molar-refractivity contribution in [3.8, 4) is 11.3 Å². The molecule has 2 aromatic rings. The Labute approximate surface area is 124 Å². The smallest absolute Gasteiger partial charge is 0.223 e. The van der Waals surface area contributed by atoms with E-state index >= 15 is 0 Å². The highest BCUT2D eigenvalue weighted by Gasteiger charge is 2.18. The zero-order valence-corrected chi connectivity index (χ0v) is 11.8. The van der Waals surface area contributed by atoms with Gasteiger partial charge in [-0.2, -0.15) is 0 Å². The zero-order chi connectivity index (χ0) is 14.5. The summed E-state index contributed by atoms with van der Waals surface area (Å²) in [7, 11) is 0. The number of piperidine rings is 1. The quantitative estimate of drug-likeness (QED) is 0.873. The van der Waals surface area contributed by atoms with Crippen molar-refractivity contribution in [2.45, 2.75) is 18.9 Å². The van der Waals surface area contributed by atoms with Crippen molar-refractivity contribution in [1.29, 1.82) is 0 Å². The van der Waals surface area contributed by atoms with Crippen molar-refractivity contribution in [3.63, 3.8) is 0 Å². The van der Waals surface area contributed by atoms with Gasteiger partial charge in [-0.1, -0.05) is 30.3 Å². The SMILES string of the molecule is O=CN1CCC(Nc2nccc(-c3ccccc3)n2)CC1. The fourth-order valence-electron chi connectivity index (χ4n) is 2.53. The third-order valence-electron chi connectivity index (χ3n) is 3.74. The maximum atomic E-state index is 10.7. The molecule has 5 heteroatoms. The van der Waals surface area contributed by atoms with Crippen LogP contribution in [0.4, 0.5) is 5.95 Å². The largest absolute Gasteiger partial charge is 0.351 e. The predicted octanol–water partition coefficient (Wildman–Crippen LogP) is 2.18. The maximum absolute atomic E-state index is 10.7. The lowest BCUT2D eigenvalue weighted by Gasteiger charge is -2.29. The van der Waals surface area contributed by atoms with Crippen LogP contribution in [0.3, 0.4) is 0 Å². The molecule has 1 N–H and O–H groups in total. The van der Waals surface area contributed by atoms with Crippen LogP contribution in [0.25, 0.3) is 11.3 Å². The van der Waals surface area contributed by atoms with Crippen LogP contribution >= 0.6 is 0 Å². The summed E-state index contributed by atoms with van der Waals surface area (Å²) in [6.07, 6.45) is 4.55. The van der Waals surface area contributed by atoms with Gasteiger partial charge in [-0.05, 0) is 18.9 Å². The second-order valence-electron chi connectivity index (χ2n) is 5.19. The first-order valence-corrected chi connectivity index (χ1v) is 7.19. The first-order chi connectivity index (χ1) is 10.3. The number of anilines is 1. The van der Waals surface area contributed by atoms with Crippen molar-refractivity contribution in [3.05, 3.63) is 42.6 Å². The van der Waals surface area contributed by atoms with Crippen LogP contribution in [0.15, 0.2) is 42.6 Å². The predicted molar refractivity (Wildman–Crippen MR) is 81.7 cm³/mol. The molecule has 1 saturated heterocycles. The third kappa shape index (κ3) is 3.37. The lowest BCUT2D eigenvalue weighted by Crippen LogP contribution is -2.38. The molecule has 5 nitrogen and oxygen atoms in total. The van der Waals surface area contributed by atoms with E-state index in [1.54, 1.807) is 11.1 Å². The molecular formula is C16H18N4O. The number of aromatic nitrogens is 2. The molecule has 0 aliphatic carbocycles. The minimum Gasteiger partial charge on any atom is -0.351 e. The molecule has 1 aliphatic rings. The van der Waals surface area contributed by atoms with Gasteiger partial charge in [0.1, 0.15) is 0 Å². The van der Waals surface area contributed by atoms with Crippen molar-refractivity contribution < 1.29 is 4.79 Å². The molecule has 1 aliphatic heterocycles. The highest BCUT2D eigenvalue weighted by Crippen LogP contribution is 2.18. The number of hydrogen-bond donors (Lipinski definition) is 1. The van der Waals surface area contributed by atoms with E-state index in [4.69, 9.17) is 0 Å². The standard InChI is InChI=1S/C16H18N4O/c21-12-20-10-7-14(8-11-20)18-16-17-9-6-15(19-16)13-4-2-1-3-5-13/h1-6,9,12,14H,7-8,10-11H2,(H,17,18,19). The summed E-state index contributed by atoms with van der Waals surface area (Å²) in [6.45, 7) is 1.58. The highest BCUT2D eigenvalue weighted by atomic mass is 16.1. The summed E-state index contributed by atoms with van der Waals surface area (Å²) in [5, 5.41) is 3.37. The molecule has 1 aromatic heterocycles. The van der Waals surface area contributed by atoms with E-state index in [1.165, 1.54) is 0 Å². The Balaban J connectivity index is 1.68. The monoisotopic (exact) mass is 282 g/mol. The number of hydrogen-bond acceptors (Lipinski definition) is 4. The summed E-state index contributed by atoms with van der Waals surface area (Å²) in [6, 6.07) is 12.3. The van der Waals surface area contributed by atoms with Gasteiger partial charge in [0, 0.05) is 30.9 Å². The number of carbonyl (C=O) groups is 1. The Morgan fingerprint density at radius 1 is 1.14 bits per heavy atom. The van der Waals surface area contributed by atoms with E-state index < -0.39 is 0 Å². The fraction of sp³-hybridized carbons (Fsp3) is 0.312. The topological polar surface area (TPSA) is 58.1 Å². The van der Waals surface area contributed by atoms with E-state index in [1.807, 2.05) is 36.4 Å². The van der Waals surface area contributed by atoms with E-state index in [-0.39, 0.29) is 0 Å². The Morgan fingerprint density at radius 2 is 1.90 bits per heavy atom. The Morgan fingerprint density at radius 3 is 2.62 bits per heavy atom. The Kier molecular flexibility index (Phi) is 4.09. The molecule has 2 heterocycles. The van der Waals surface area contributed by atoms with Crippen molar-refractivity contribution in [1.82, 2.24) is 14.9 Å². The van der Waals surface area contributed by atoms with Crippen molar-refractivity contribution in [2.75, 3.05) is 18.4 Å². The van der Waals surface area contributed by atoms with Gasteiger partial charge in [-0.25, -0.2) is 9.97 Å². The van der Waals surface area contributed by atoms with Gasteiger partial charge in [-0.15, -0.1) is 0 Å². The van der Waals surface area contributed by atoms with E-state index in [0.29, 0.717) is 12.0 Å². The first kappa shape index (κ1) is 13.5. The van der Waals surface area contributed by atoms with Crippen LogP contribution in [-0.4, -0.2) is 40.4 Å². The number of amides is 1. The molecule has 1 aromatic carbocycles. The average Bonchev–Trinajstić information content (AvgIpc) is 2.57. The first-order valence-electron chi connectivity index (χ1n) is 7.19. The minimum atomic E-state index is 0.326. The molecule has 0 saturated carbocycles. The van der Waals surface area contributed by atoms with Gasteiger partial charge in [0.15, 0.2) is 0 Å². The Hall–Kier alpha value is -2.43. The average molecular weight is 282 g/mol. The van der Waals surface area contributed by atoms with Gasteiger partial charge >= 0.3 is 0 Å². The molecule has 1 fully saturated rings. The highest BCUT2D eigenvalue weighted by molar-refractivity contribution is 5.59. The van der Waals surface area contributed by atoms with Crippen LogP contribution in [0.1, 0.15) is 12.8 Å². The zero-order valence-electron chi connectivity index (χ0n) is 11.8. The van der Waals surface area contributed by atoms with Crippen molar-refractivity contribution in [2.24, 2.45) is 0 Å². The Bertz CT molecular complexity index is 594. The normalized spacial score (nSPS) is 15.7. The van der Waals surface area contributed by atoms with E-state index in [2.05, 4.69) is 15.3 Å². The fourth-order valence-corrected chi connectivity index (χ4v) is 2.53. The van der Waals surface area contributed by atoms with Crippen LogP contribution in [0, 0.1) is 0 Å². The molecule has 0 spiro atoms. The number of rotatable bonds is 4. The molecule has 3 rings (SSSR count). The number of benzene rings is 1. The number of carbonyl (C=O) groups excluding carboxylic acids is 1. The van der Waals surface area contributed by atoms with Crippen LogP contribution in [-0.2, 0) is 4.79 Å². The molecule has 0 bridgehead atoms. The number of nitrogens with zero attached hydrogens (tertiary/aromatic N) is 3. The number of nitrogens with one attached hydrogen (secondary N) is 1. The second kappa shape index (κ2) is 6.35. The van der Waals surface area contributed by atoms with Gasteiger partial charge in [0.2, 0.25) is 12.4 Å². The molecular weight excluding hydrogens is 264 g/mol. The van der Waals surface area contributed by atoms with Crippen LogP contribution in [0.2, 0.25) is 0 Å². The molecule has 0 atom stereocenters. The number of likely N-dealkylation sites (tertiary alicyclic amines) is 1. The van der Waals surface area contributed by atoms with Gasteiger partial charge in [0.25, 0.3) is 0 Å². The van der Waals surface area contributed by atoms with E-state index in [0.717, 1.165) is 43.6 Å². The lowest BCUT2D eigenvalue weighted by molar-refractivity contribution is -0.118. The van der Waals surface area contributed by atoms with Gasteiger partial charge in [-0.3, -0.25) is 4.79 Å². The summed E-state index contributed by atoms with van der Waals surface area (Å²) in [5.41, 5.74) is 2.00. The maximum Gasteiger partial charge on any atom is 0.223 e. The lowest BCUT2D eigenvalue weighted by atomic mass is 10.1. The molecule has 108 valence electrons. The molecule has 0 unspecified atom stereocenters. The van der Waals surface area contributed by atoms with Gasteiger partial charge in [0.05, 0.1) is 5.69 Å². The van der Waals surface area contributed by atoms with Crippen LogP contribution < -0.4 is 5.32 Å². The second-order valence-corrected chi connectivity index (χ2v) is 5.19. The summed E-state index contributed by atoms with van der Waals surface area (Å²) in [4.78, 5) is 21.4. The van der Waals surface area contributed by atoms with E-state index in [9.17, 15) is 4.79 Å².